The van der Waals surface area contributed by atoms with E-state index in [-0.39, 0.29) is 11.9 Å². The van der Waals surface area contributed by atoms with Crippen LogP contribution in [0.4, 0.5) is 0 Å². The summed E-state index contributed by atoms with van der Waals surface area (Å²) in [6.45, 7) is 1.27. The van der Waals surface area contributed by atoms with Gasteiger partial charge < -0.3 is 10.2 Å². The summed E-state index contributed by atoms with van der Waals surface area (Å²) in [7, 11) is 3.92. The lowest BCUT2D eigenvalue weighted by molar-refractivity contribution is -0.117. The Morgan fingerprint density at radius 2 is 2.14 bits per heavy atom. The molecule has 1 N–H and O–H groups in total. The van der Waals surface area contributed by atoms with Crippen LogP contribution in [-0.2, 0) is 11.3 Å². The Bertz CT molecular complexity index is 592. The van der Waals surface area contributed by atoms with E-state index in [2.05, 4.69) is 15.4 Å². The predicted octanol–water partition coefficient (Wildman–Crippen LogP) is 1.25. The number of aromatic nitrogens is 3. The SMILES string of the molecule is CN(C)C/C=C/C(=O)NC(Cn1cncn1)c1ccccc1. The molecule has 116 valence electrons. The smallest absolute Gasteiger partial charge is 0.244 e. The molecule has 0 radical (unpaired) electrons. The summed E-state index contributed by atoms with van der Waals surface area (Å²) in [5.74, 6) is -0.115. The molecule has 0 aliphatic rings. The van der Waals surface area contributed by atoms with E-state index in [0.717, 1.165) is 12.1 Å². The summed E-state index contributed by atoms with van der Waals surface area (Å²) >= 11 is 0. The largest absolute Gasteiger partial charge is 0.344 e. The molecule has 6 heteroatoms. The van der Waals surface area contributed by atoms with Gasteiger partial charge in [0.25, 0.3) is 0 Å². The number of likely N-dealkylation sites (N-methyl/N-ethyl adjacent to an activating group) is 1. The van der Waals surface area contributed by atoms with Crippen LogP contribution in [0.2, 0.25) is 0 Å². The molecular weight excluding hydrogens is 278 g/mol. The van der Waals surface area contributed by atoms with Crippen molar-refractivity contribution in [3.63, 3.8) is 0 Å². The Labute approximate surface area is 130 Å². The first-order valence-electron chi connectivity index (χ1n) is 7.14. The van der Waals surface area contributed by atoms with Gasteiger partial charge in [-0.3, -0.25) is 9.48 Å². The fourth-order valence-corrected chi connectivity index (χ4v) is 2.02. The molecule has 22 heavy (non-hydrogen) atoms. The second-order valence-electron chi connectivity index (χ2n) is 5.25. The van der Waals surface area contributed by atoms with Gasteiger partial charge in [-0.2, -0.15) is 5.10 Å². The first-order chi connectivity index (χ1) is 10.6. The Kier molecular flexibility index (Phi) is 5.85. The molecule has 0 aliphatic heterocycles. The average Bonchev–Trinajstić information content (AvgIpc) is 3.00. The van der Waals surface area contributed by atoms with Crippen molar-refractivity contribution in [2.24, 2.45) is 0 Å². The van der Waals surface area contributed by atoms with Gasteiger partial charge in [0.2, 0.25) is 5.91 Å². The van der Waals surface area contributed by atoms with E-state index >= 15 is 0 Å². The van der Waals surface area contributed by atoms with Crippen molar-refractivity contribution in [1.82, 2.24) is 25.0 Å². The number of carbonyl (C=O) groups is 1. The zero-order chi connectivity index (χ0) is 15.8. The Hall–Kier alpha value is -2.47. The first kappa shape index (κ1) is 15.9. The fraction of sp³-hybridized carbons (Fsp3) is 0.312. The number of amides is 1. The topological polar surface area (TPSA) is 63.1 Å². The van der Waals surface area contributed by atoms with E-state index < -0.39 is 0 Å². The van der Waals surface area contributed by atoms with Gasteiger partial charge in [-0.15, -0.1) is 0 Å². The molecule has 0 saturated heterocycles. The molecule has 0 bridgehead atoms. The van der Waals surface area contributed by atoms with Crippen LogP contribution in [0.3, 0.4) is 0 Å². The number of nitrogens with one attached hydrogen (secondary N) is 1. The maximum atomic E-state index is 12.1. The van der Waals surface area contributed by atoms with Crippen LogP contribution < -0.4 is 5.32 Å². The number of hydrogen-bond acceptors (Lipinski definition) is 4. The Morgan fingerprint density at radius 3 is 2.77 bits per heavy atom. The monoisotopic (exact) mass is 299 g/mol. The molecule has 1 heterocycles. The van der Waals surface area contributed by atoms with E-state index in [1.807, 2.05) is 55.4 Å². The lowest BCUT2D eigenvalue weighted by Gasteiger charge is -2.18. The first-order valence-corrected chi connectivity index (χ1v) is 7.14. The lowest BCUT2D eigenvalue weighted by Crippen LogP contribution is -2.30. The standard InChI is InChI=1S/C16H21N5O/c1-20(2)10-6-9-16(22)19-15(11-21-13-17-12-18-21)14-7-4-3-5-8-14/h3-9,12-13,15H,10-11H2,1-2H3,(H,19,22)/b9-6+. The molecule has 1 atom stereocenters. The molecule has 6 nitrogen and oxygen atoms in total. The van der Waals surface area contributed by atoms with Crippen LogP contribution in [-0.4, -0.2) is 46.2 Å². The van der Waals surface area contributed by atoms with Crippen molar-refractivity contribution in [3.05, 3.63) is 60.7 Å². The molecule has 1 amide bonds. The highest BCUT2D eigenvalue weighted by Crippen LogP contribution is 2.14. The van der Waals surface area contributed by atoms with E-state index in [0.29, 0.717) is 6.54 Å². The highest BCUT2D eigenvalue weighted by molar-refractivity contribution is 5.87. The van der Waals surface area contributed by atoms with Gasteiger partial charge in [0.05, 0.1) is 12.6 Å². The second-order valence-corrected chi connectivity index (χ2v) is 5.25. The minimum absolute atomic E-state index is 0.115. The number of benzene rings is 1. The summed E-state index contributed by atoms with van der Waals surface area (Å²) < 4.78 is 1.71. The third kappa shape index (κ3) is 5.14. The molecule has 1 aromatic carbocycles. The molecule has 1 aromatic heterocycles. The van der Waals surface area contributed by atoms with Gasteiger partial charge in [0.15, 0.2) is 0 Å². The minimum Gasteiger partial charge on any atom is -0.344 e. The van der Waals surface area contributed by atoms with Crippen molar-refractivity contribution in [2.75, 3.05) is 20.6 Å². The summed E-state index contributed by atoms with van der Waals surface area (Å²) in [5.41, 5.74) is 1.03. The van der Waals surface area contributed by atoms with Gasteiger partial charge in [0.1, 0.15) is 12.7 Å². The van der Waals surface area contributed by atoms with Crippen LogP contribution >= 0.6 is 0 Å². The average molecular weight is 299 g/mol. The van der Waals surface area contributed by atoms with Crippen LogP contribution in [0, 0.1) is 0 Å². The summed E-state index contributed by atoms with van der Waals surface area (Å²) in [5, 5.41) is 7.12. The maximum absolute atomic E-state index is 12.1. The van der Waals surface area contributed by atoms with Crippen LogP contribution in [0.25, 0.3) is 0 Å². The van der Waals surface area contributed by atoms with Crippen molar-refractivity contribution < 1.29 is 4.79 Å². The predicted molar refractivity (Wildman–Crippen MR) is 85.0 cm³/mol. The normalized spacial score (nSPS) is 12.7. The van der Waals surface area contributed by atoms with Gasteiger partial charge >= 0.3 is 0 Å². The summed E-state index contributed by atoms with van der Waals surface area (Å²) in [6, 6.07) is 9.69. The molecule has 2 aromatic rings. The van der Waals surface area contributed by atoms with E-state index in [4.69, 9.17) is 0 Å². The van der Waals surface area contributed by atoms with Crippen molar-refractivity contribution in [3.8, 4) is 0 Å². The van der Waals surface area contributed by atoms with Crippen LogP contribution in [0.5, 0.6) is 0 Å². The number of nitrogens with zero attached hydrogens (tertiary/aromatic N) is 4. The lowest BCUT2D eigenvalue weighted by atomic mass is 10.1. The highest BCUT2D eigenvalue weighted by Gasteiger charge is 2.14. The third-order valence-corrected chi connectivity index (χ3v) is 3.09. The van der Waals surface area contributed by atoms with Gasteiger partial charge in [0, 0.05) is 12.6 Å². The molecule has 2 rings (SSSR count). The molecular formula is C16H21N5O. The number of hydrogen-bond donors (Lipinski definition) is 1. The van der Waals surface area contributed by atoms with Crippen LogP contribution in [0.1, 0.15) is 11.6 Å². The number of carbonyl (C=O) groups excluding carboxylic acids is 1. The second kappa shape index (κ2) is 8.09. The Balaban J connectivity index is 2.04. The van der Waals surface area contributed by atoms with Crippen LogP contribution in [0.15, 0.2) is 55.1 Å². The molecule has 0 spiro atoms. The zero-order valence-electron chi connectivity index (χ0n) is 12.9. The van der Waals surface area contributed by atoms with Gasteiger partial charge in [-0.1, -0.05) is 36.4 Å². The zero-order valence-corrected chi connectivity index (χ0v) is 12.9. The third-order valence-electron chi connectivity index (χ3n) is 3.09. The summed E-state index contributed by atoms with van der Waals surface area (Å²) in [4.78, 5) is 18.0. The quantitative estimate of drug-likeness (QED) is 0.782. The highest BCUT2D eigenvalue weighted by atomic mass is 16.1. The summed E-state index contributed by atoms with van der Waals surface area (Å²) in [6.07, 6.45) is 6.54. The van der Waals surface area contributed by atoms with Crippen molar-refractivity contribution >= 4 is 5.91 Å². The maximum Gasteiger partial charge on any atom is 0.244 e. The van der Waals surface area contributed by atoms with E-state index in [9.17, 15) is 4.79 Å². The van der Waals surface area contributed by atoms with Gasteiger partial charge in [-0.25, -0.2) is 4.98 Å². The Morgan fingerprint density at radius 1 is 1.36 bits per heavy atom. The van der Waals surface area contributed by atoms with Gasteiger partial charge in [-0.05, 0) is 19.7 Å². The molecule has 1 unspecified atom stereocenters. The molecule has 0 saturated carbocycles. The van der Waals surface area contributed by atoms with Crippen molar-refractivity contribution in [2.45, 2.75) is 12.6 Å². The number of rotatable bonds is 7. The van der Waals surface area contributed by atoms with E-state index in [1.165, 1.54) is 6.33 Å². The van der Waals surface area contributed by atoms with Crippen molar-refractivity contribution in [1.29, 1.82) is 0 Å². The molecule has 0 aliphatic carbocycles. The van der Waals surface area contributed by atoms with E-state index in [1.54, 1.807) is 17.1 Å². The fourth-order valence-electron chi connectivity index (χ4n) is 2.02. The minimum atomic E-state index is -0.153. The molecule has 0 fully saturated rings.